The van der Waals surface area contributed by atoms with E-state index in [2.05, 4.69) is 0 Å². The van der Waals surface area contributed by atoms with Crippen molar-refractivity contribution in [3.8, 4) is 11.5 Å². The lowest BCUT2D eigenvalue weighted by Crippen LogP contribution is -2.34. The van der Waals surface area contributed by atoms with E-state index in [0.717, 1.165) is 0 Å². The number of hydrogen-bond donors (Lipinski definition) is 1. The Balaban J connectivity index is 1.98. The third-order valence-corrected chi connectivity index (χ3v) is 4.95. The van der Waals surface area contributed by atoms with Gasteiger partial charge in [0.05, 0.1) is 19.8 Å². The van der Waals surface area contributed by atoms with Crippen LogP contribution < -0.4 is 9.47 Å². The molecule has 2 aliphatic rings. The molecule has 3 rings (SSSR count). The highest BCUT2D eigenvalue weighted by Gasteiger charge is 2.43. The summed E-state index contributed by atoms with van der Waals surface area (Å²) in [4.78, 5) is 12.9. The molecule has 0 spiro atoms. The second-order valence-corrected chi connectivity index (χ2v) is 7.76. The minimum atomic E-state index is -0.833. The number of ether oxygens (including phenoxy) is 6. The zero-order valence-corrected chi connectivity index (χ0v) is 18.3. The maximum Gasteiger partial charge on any atom is 0.342 e. The van der Waals surface area contributed by atoms with Crippen molar-refractivity contribution in [3.63, 3.8) is 0 Å². The summed E-state index contributed by atoms with van der Waals surface area (Å²) in [5.41, 5.74) is 0.869. The van der Waals surface area contributed by atoms with E-state index in [9.17, 15) is 9.90 Å². The van der Waals surface area contributed by atoms with E-state index in [4.69, 9.17) is 28.4 Å². The summed E-state index contributed by atoms with van der Waals surface area (Å²) in [5, 5.41) is 10.5. The van der Waals surface area contributed by atoms with Crippen molar-refractivity contribution in [1.29, 1.82) is 0 Å². The number of cyclic esters (lactones) is 1. The van der Waals surface area contributed by atoms with E-state index in [1.165, 1.54) is 14.2 Å². The van der Waals surface area contributed by atoms with Crippen LogP contribution in [0.25, 0.3) is 6.08 Å². The fraction of sp³-hybridized carbons (Fsp3) is 0.522. The minimum Gasteiger partial charge on any atom is -0.497 e. The zero-order chi connectivity index (χ0) is 22.4. The van der Waals surface area contributed by atoms with Crippen LogP contribution in [0.4, 0.5) is 0 Å². The lowest BCUT2D eigenvalue weighted by molar-refractivity contribution is -0.152. The predicted octanol–water partition coefficient (Wildman–Crippen LogP) is 3.08. The molecular weight excluding hydrogens is 404 g/mol. The number of esters is 1. The van der Waals surface area contributed by atoms with Gasteiger partial charge in [-0.2, -0.15) is 0 Å². The third-order valence-electron chi connectivity index (χ3n) is 4.95. The topological polar surface area (TPSA) is 92.7 Å². The largest absolute Gasteiger partial charge is 0.497 e. The Hall–Kier alpha value is -2.39. The smallest absolute Gasteiger partial charge is 0.342 e. The molecule has 2 aliphatic heterocycles. The molecule has 0 bridgehead atoms. The van der Waals surface area contributed by atoms with Crippen LogP contribution >= 0.6 is 0 Å². The number of carbonyl (C=O) groups excluding carboxylic acids is 1. The average molecular weight is 434 g/mol. The molecule has 0 aromatic heterocycles. The number of carbonyl (C=O) groups is 1. The highest BCUT2D eigenvalue weighted by Crippen LogP contribution is 2.34. The Morgan fingerprint density at radius 1 is 1.19 bits per heavy atom. The summed E-state index contributed by atoms with van der Waals surface area (Å²) in [7, 11) is 3.04. The fourth-order valence-corrected chi connectivity index (χ4v) is 3.62. The summed E-state index contributed by atoms with van der Waals surface area (Å²) in [6.45, 7) is 3.76. The highest BCUT2D eigenvalue weighted by molar-refractivity contribution is 5.97. The molecule has 3 atom stereocenters. The van der Waals surface area contributed by atoms with Gasteiger partial charge in [-0.1, -0.05) is 24.3 Å². The fourth-order valence-electron chi connectivity index (χ4n) is 3.62. The first-order chi connectivity index (χ1) is 14.8. The summed E-state index contributed by atoms with van der Waals surface area (Å²) >= 11 is 0. The summed E-state index contributed by atoms with van der Waals surface area (Å²) < 4.78 is 33.3. The Morgan fingerprint density at radius 2 is 2.00 bits per heavy atom. The summed E-state index contributed by atoms with van der Waals surface area (Å²) in [6.07, 6.45) is 6.31. The van der Waals surface area contributed by atoms with Crippen molar-refractivity contribution in [1.82, 2.24) is 0 Å². The monoisotopic (exact) mass is 434 g/mol. The van der Waals surface area contributed by atoms with Crippen LogP contribution in [0.15, 0.2) is 30.4 Å². The molecule has 0 amide bonds. The maximum atomic E-state index is 12.9. The maximum absolute atomic E-state index is 12.9. The minimum absolute atomic E-state index is 0.0265. The van der Waals surface area contributed by atoms with Gasteiger partial charge in [-0.05, 0) is 38.3 Å². The molecule has 8 nitrogen and oxygen atoms in total. The normalized spacial score (nSPS) is 26.9. The van der Waals surface area contributed by atoms with Gasteiger partial charge >= 0.3 is 5.97 Å². The van der Waals surface area contributed by atoms with Gasteiger partial charge in [-0.25, -0.2) is 4.79 Å². The number of methoxy groups -OCH3 is 2. The Labute approximate surface area is 182 Å². The first-order valence-corrected chi connectivity index (χ1v) is 10.2. The quantitative estimate of drug-likeness (QED) is 0.439. The van der Waals surface area contributed by atoms with E-state index in [0.29, 0.717) is 29.9 Å². The number of fused-ring (bicyclic) bond motifs is 2. The van der Waals surface area contributed by atoms with Crippen LogP contribution in [0.2, 0.25) is 0 Å². The summed E-state index contributed by atoms with van der Waals surface area (Å²) in [6, 6.07) is 3.36. The van der Waals surface area contributed by atoms with Gasteiger partial charge in [-0.15, -0.1) is 0 Å². The van der Waals surface area contributed by atoms with Crippen molar-refractivity contribution in [2.45, 2.75) is 50.8 Å². The molecule has 170 valence electrons. The van der Waals surface area contributed by atoms with Gasteiger partial charge in [0.15, 0.2) is 12.6 Å². The number of rotatable bonds is 4. The molecule has 1 aromatic rings. The van der Waals surface area contributed by atoms with Gasteiger partial charge in [0.25, 0.3) is 0 Å². The Morgan fingerprint density at radius 3 is 2.74 bits per heavy atom. The van der Waals surface area contributed by atoms with Crippen LogP contribution in [0.5, 0.6) is 11.5 Å². The van der Waals surface area contributed by atoms with Gasteiger partial charge in [-0.3, -0.25) is 0 Å². The number of aliphatic hydroxyl groups is 1. The lowest BCUT2D eigenvalue weighted by Gasteiger charge is -2.20. The number of aliphatic hydroxyl groups excluding tert-OH is 1. The molecule has 0 aliphatic carbocycles. The molecule has 1 N–H and O–H groups in total. The van der Waals surface area contributed by atoms with Crippen LogP contribution in [0.3, 0.4) is 0 Å². The van der Waals surface area contributed by atoms with Gasteiger partial charge in [0.1, 0.15) is 29.3 Å². The predicted molar refractivity (Wildman–Crippen MR) is 113 cm³/mol. The molecule has 31 heavy (non-hydrogen) atoms. The van der Waals surface area contributed by atoms with Crippen molar-refractivity contribution in [2.24, 2.45) is 0 Å². The Kier molecular flexibility index (Phi) is 7.72. The third kappa shape index (κ3) is 5.86. The SMILES string of the molecule is COCOc1cc(OC)cc2c1C(=O)OCC/C=C\C(O)[C@H]1OC(C)(C)O[C@H]1CC=C2. The lowest BCUT2D eigenvalue weighted by atomic mass is 10.0. The zero-order valence-electron chi connectivity index (χ0n) is 18.3. The van der Waals surface area contributed by atoms with Crippen LogP contribution in [-0.2, 0) is 18.9 Å². The van der Waals surface area contributed by atoms with Crippen LogP contribution in [0.1, 0.15) is 42.6 Å². The summed E-state index contributed by atoms with van der Waals surface area (Å²) in [5.74, 6) is -0.476. The van der Waals surface area contributed by atoms with Crippen LogP contribution in [0, 0.1) is 0 Å². The second-order valence-electron chi connectivity index (χ2n) is 7.76. The van der Waals surface area contributed by atoms with Crippen molar-refractivity contribution >= 4 is 12.0 Å². The number of hydrogen-bond acceptors (Lipinski definition) is 8. The van der Waals surface area contributed by atoms with E-state index in [-0.39, 0.29) is 25.1 Å². The first kappa shape index (κ1) is 23.3. The van der Waals surface area contributed by atoms with E-state index < -0.39 is 24.0 Å². The van der Waals surface area contributed by atoms with Gasteiger partial charge in [0, 0.05) is 13.2 Å². The highest BCUT2D eigenvalue weighted by atomic mass is 16.8. The molecule has 0 radical (unpaired) electrons. The molecule has 2 heterocycles. The van der Waals surface area contributed by atoms with Crippen LogP contribution in [-0.4, -0.2) is 62.8 Å². The van der Waals surface area contributed by atoms with E-state index in [1.807, 2.05) is 19.9 Å². The van der Waals surface area contributed by atoms with Crippen molar-refractivity contribution in [2.75, 3.05) is 27.6 Å². The molecule has 8 heteroatoms. The Bertz CT molecular complexity index is 829. The molecule has 1 saturated heterocycles. The molecular formula is C23H30O8. The van der Waals surface area contributed by atoms with Crippen molar-refractivity contribution < 1.29 is 38.3 Å². The van der Waals surface area contributed by atoms with Gasteiger partial charge < -0.3 is 33.5 Å². The van der Waals surface area contributed by atoms with E-state index >= 15 is 0 Å². The molecule has 0 saturated carbocycles. The van der Waals surface area contributed by atoms with E-state index in [1.54, 1.807) is 30.4 Å². The number of benzene rings is 1. The average Bonchev–Trinajstić information content (AvgIpc) is 3.05. The standard InChI is InChI=1S/C23H30O8/c1-23(2)30-18-10-7-8-15-12-16(27-4)13-19(29-14-26-3)20(15)22(25)28-11-6-5-9-17(24)21(18)31-23/h5,7-9,12-13,17-18,21,24H,6,10-11,14H2,1-4H3/b8-7?,9-5-/t17?,18-,21+/m0/s1. The molecule has 1 fully saturated rings. The first-order valence-electron chi connectivity index (χ1n) is 10.2. The second kappa shape index (κ2) is 10.3. The van der Waals surface area contributed by atoms with Crippen molar-refractivity contribution in [3.05, 3.63) is 41.5 Å². The molecule has 1 aromatic carbocycles. The molecule has 1 unspecified atom stereocenters. The van der Waals surface area contributed by atoms with Gasteiger partial charge in [0.2, 0.25) is 0 Å².